The molecule has 238 valence electrons. The molecule has 0 N–H and O–H groups in total. The van der Waals surface area contributed by atoms with Crippen molar-refractivity contribution in [3.05, 3.63) is 182 Å². The zero-order chi connectivity index (χ0) is 33.5. The summed E-state index contributed by atoms with van der Waals surface area (Å²) in [6.07, 6.45) is 0. The summed E-state index contributed by atoms with van der Waals surface area (Å²) in [6.45, 7) is 0. The predicted octanol–water partition coefficient (Wildman–Crippen LogP) is 13.6. The Kier molecular flexibility index (Phi) is 6.16. The number of fused-ring (bicyclic) bond motifs is 9. The molecule has 11 aromatic rings. The van der Waals surface area contributed by atoms with Crippen molar-refractivity contribution in [1.29, 1.82) is 0 Å². The van der Waals surface area contributed by atoms with Crippen molar-refractivity contribution in [3.63, 3.8) is 0 Å². The second-order valence-corrected chi connectivity index (χ2v) is 14.4. The molecule has 0 saturated heterocycles. The van der Waals surface area contributed by atoms with Gasteiger partial charge in [0.1, 0.15) is 0 Å². The average molecular weight is 667 g/mol. The van der Waals surface area contributed by atoms with Crippen LogP contribution in [0.5, 0.6) is 0 Å². The lowest BCUT2D eigenvalue weighted by Crippen LogP contribution is -1.94. The van der Waals surface area contributed by atoms with Crippen LogP contribution in [-0.4, -0.2) is 9.13 Å². The highest BCUT2D eigenvalue weighted by atomic mass is 32.1. The van der Waals surface area contributed by atoms with E-state index in [1.54, 1.807) is 0 Å². The van der Waals surface area contributed by atoms with Gasteiger partial charge in [0.15, 0.2) is 0 Å². The van der Waals surface area contributed by atoms with Gasteiger partial charge in [-0.3, -0.25) is 0 Å². The number of hydrogen-bond acceptors (Lipinski definition) is 1. The van der Waals surface area contributed by atoms with Crippen molar-refractivity contribution >= 4 is 75.1 Å². The van der Waals surface area contributed by atoms with E-state index in [2.05, 4.69) is 191 Å². The summed E-state index contributed by atoms with van der Waals surface area (Å²) >= 11 is 1.88. The van der Waals surface area contributed by atoms with E-state index in [0.29, 0.717) is 0 Å². The van der Waals surface area contributed by atoms with Crippen molar-refractivity contribution in [2.45, 2.75) is 0 Å². The Bertz CT molecular complexity index is 3120. The first-order valence-electron chi connectivity index (χ1n) is 17.4. The molecular weight excluding hydrogens is 637 g/mol. The fourth-order valence-electron chi connectivity index (χ4n) is 8.20. The summed E-state index contributed by atoms with van der Waals surface area (Å²) in [6, 6.07) is 66.6. The van der Waals surface area contributed by atoms with E-state index in [0.717, 1.165) is 5.69 Å². The van der Waals surface area contributed by atoms with Gasteiger partial charge in [-0.25, -0.2) is 0 Å². The maximum absolute atomic E-state index is 2.41. The quantitative estimate of drug-likeness (QED) is 0.177. The van der Waals surface area contributed by atoms with Gasteiger partial charge < -0.3 is 9.13 Å². The number of thiophene rings is 1. The fraction of sp³-hybridized carbons (Fsp3) is 0. The zero-order valence-electron chi connectivity index (χ0n) is 27.6. The molecule has 0 atom stereocenters. The zero-order valence-corrected chi connectivity index (χ0v) is 28.4. The minimum atomic E-state index is 1.16. The summed E-state index contributed by atoms with van der Waals surface area (Å²) in [5, 5.41) is 7.71. The average Bonchev–Trinajstić information content (AvgIpc) is 3.86. The minimum absolute atomic E-state index is 1.16. The van der Waals surface area contributed by atoms with Gasteiger partial charge in [-0.05, 0) is 89.0 Å². The smallest absolute Gasteiger partial charge is 0.0541 e. The highest BCUT2D eigenvalue weighted by molar-refractivity contribution is 7.26. The lowest BCUT2D eigenvalue weighted by molar-refractivity contribution is 1.18. The Morgan fingerprint density at radius 2 is 0.804 bits per heavy atom. The summed E-state index contributed by atoms with van der Waals surface area (Å²) in [5.41, 5.74) is 12.2. The summed E-state index contributed by atoms with van der Waals surface area (Å²) in [4.78, 5) is 0. The number of aromatic nitrogens is 2. The van der Waals surface area contributed by atoms with Crippen molar-refractivity contribution in [2.75, 3.05) is 0 Å². The third kappa shape index (κ3) is 4.29. The fourth-order valence-corrected chi connectivity index (χ4v) is 9.44. The second-order valence-electron chi connectivity index (χ2n) is 13.3. The topological polar surface area (TPSA) is 9.86 Å². The predicted molar refractivity (Wildman–Crippen MR) is 219 cm³/mol. The van der Waals surface area contributed by atoms with Crippen LogP contribution in [-0.2, 0) is 0 Å². The summed E-state index contributed by atoms with van der Waals surface area (Å²) in [7, 11) is 0. The van der Waals surface area contributed by atoms with Crippen LogP contribution in [0.2, 0.25) is 0 Å². The van der Waals surface area contributed by atoms with Crippen LogP contribution in [0.1, 0.15) is 0 Å². The van der Waals surface area contributed by atoms with E-state index in [-0.39, 0.29) is 0 Å². The monoisotopic (exact) mass is 666 g/mol. The molecule has 0 spiro atoms. The highest BCUT2D eigenvalue weighted by Crippen LogP contribution is 2.41. The van der Waals surface area contributed by atoms with Crippen LogP contribution >= 0.6 is 11.3 Å². The molecule has 51 heavy (non-hydrogen) atoms. The molecule has 3 heterocycles. The Morgan fingerprint density at radius 3 is 1.45 bits per heavy atom. The van der Waals surface area contributed by atoms with E-state index in [4.69, 9.17) is 0 Å². The van der Waals surface area contributed by atoms with Gasteiger partial charge >= 0.3 is 0 Å². The molecule has 0 unspecified atom stereocenters. The van der Waals surface area contributed by atoms with E-state index in [1.165, 1.54) is 91.7 Å². The molecular formula is C48H30N2S. The van der Waals surface area contributed by atoms with Gasteiger partial charge in [0.2, 0.25) is 0 Å². The maximum Gasteiger partial charge on any atom is 0.0541 e. The molecule has 11 rings (SSSR count). The Labute approximate surface area is 298 Å². The van der Waals surface area contributed by atoms with Crippen molar-refractivity contribution < 1.29 is 0 Å². The van der Waals surface area contributed by atoms with E-state index in [1.807, 2.05) is 11.3 Å². The third-order valence-corrected chi connectivity index (χ3v) is 11.8. The highest BCUT2D eigenvalue weighted by Gasteiger charge is 2.17. The summed E-state index contributed by atoms with van der Waals surface area (Å²) in [5.74, 6) is 0. The molecule has 0 saturated carbocycles. The first-order chi connectivity index (χ1) is 25.3. The molecule has 0 aliphatic heterocycles. The molecule has 8 aromatic carbocycles. The van der Waals surface area contributed by atoms with Crippen LogP contribution in [0.3, 0.4) is 0 Å². The molecule has 0 bridgehead atoms. The van der Waals surface area contributed by atoms with Gasteiger partial charge in [0.25, 0.3) is 0 Å². The van der Waals surface area contributed by atoms with E-state index in [9.17, 15) is 0 Å². The third-order valence-electron chi connectivity index (χ3n) is 10.5. The molecule has 3 heteroatoms. The molecule has 3 aromatic heterocycles. The first-order valence-corrected chi connectivity index (χ1v) is 18.3. The van der Waals surface area contributed by atoms with Gasteiger partial charge in [-0.15, -0.1) is 11.3 Å². The second kappa shape index (κ2) is 11.0. The number of nitrogens with zero attached hydrogens (tertiary/aromatic N) is 2. The number of para-hydroxylation sites is 3. The largest absolute Gasteiger partial charge is 0.309 e. The first kappa shape index (κ1) is 28.4. The van der Waals surface area contributed by atoms with Crippen LogP contribution in [0.25, 0.3) is 97.4 Å². The SMILES string of the molecule is c1ccc(-n2c3ccccc3c3cc(-c4ccc5c(c4)c4ccccc4n5-c4ccc(-c5cccc6c5sc5ccccc56)cc4)ccc32)cc1. The Morgan fingerprint density at radius 1 is 0.314 bits per heavy atom. The van der Waals surface area contributed by atoms with Crippen LogP contribution in [0.15, 0.2) is 182 Å². The molecule has 0 amide bonds. The maximum atomic E-state index is 2.41. The Hall–Kier alpha value is -6.42. The van der Waals surface area contributed by atoms with Gasteiger partial charge in [-0.1, -0.05) is 115 Å². The van der Waals surface area contributed by atoms with Gasteiger partial charge in [0, 0.05) is 53.1 Å². The van der Waals surface area contributed by atoms with E-state index >= 15 is 0 Å². The molecule has 2 nitrogen and oxygen atoms in total. The van der Waals surface area contributed by atoms with Crippen molar-refractivity contribution in [2.24, 2.45) is 0 Å². The Balaban J connectivity index is 1.04. The number of rotatable bonds is 4. The van der Waals surface area contributed by atoms with Crippen LogP contribution in [0.4, 0.5) is 0 Å². The van der Waals surface area contributed by atoms with Crippen LogP contribution < -0.4 is 0 Å². The van der Waals surface area contributed by atoms with Crippen molar-refractivity contribution in [1.82, 2.24) is 9.13 Å². The molecule has 0 radical (unpaired) electrons. The number of hydrogen-bond donors (Lipinski definition) is 0. The summed E-state index contributed by atoms with van der Waals surface area (Å²) < 4.78 is 7.47. The standard InChI is InChI=1S/C48H30N2S/c1-2-11-34(12-3-1)49-43-18-7-4-13-37(43)41-29-32(23-27-45(41)49)33-24-28-46-42(30-33)38-14-5-8-19-44(38)50(46)35-25-21-31(22-26-35)36-16-10-17-40-39-15-6-9-20-47(39)51-48(36)40/h1-30H. The van der Waals surface area contributed by atoms with E-state index < -0.39 is 0 Å². The lowest BCUT2D eigenvalue weighted by Gasteiger charge is -2.11. The lowest BCUT2D eigenvalue weighted by atomic mass is 10.0. The molecule has 0 aliphatic rings. The normalized spacial score (nSPS) is 11.9. The minimum Gasteiger partial charge on any atom is -0.309 e. The van der Waals surface area contributed by atoms with Crippen molar-refractivity contribution in [3.8, 4) is 33.6 Å². The van der Waals surface area contributed by atoms with Crippen LogP contribution in [0, 0.1) is 0 Å². The molecule has 0 aliphatic carbocycles. The number of benzene rings is 8. The van der Waals surface area contributed by atoms with Gasteiger partial charge in [0.05, 0.1) is 22.1 Å². The van der Waals surface area contributed by atoms with Gasteiger partial charge in [-0.2, -0.15) is 0 Å². The molecule has 0 fully saturated rings.